The lowest BCUT2D eigenvalue weighted by Crippen LogP contribution is -2.31. The normalized spacial score (nSPS) is 11.4. The fraction of sp³-hybridized carbons (Fsp3) is 0.294. The highest BCUT2D eigenvalue weighted by molar-refractivity contribution is 5.96. The van der Waals surface area contributed by atoms with Crippen LogP contribution in [0.15, 0.2) is 42.6 Å². The molecule has 0 bridgehead atoms. The van der Waals surface area contributed by atoms with Crippen LogP contribution in [0.4, 0.5) is 11.4 Å². The Morgan fingerprint density at radius 2 is 1.87 bits per heavy atom. The highest BCUT2D eigenvalue weighted by Gasteiger charge is 2.13. The standard InChI is InChI=1S/C17H21N3O3/c1-4-23-15-8-5-13(6-9-15)20-17(21)12(2)19-14-7-10-16(22-3)18-11-14/h5-12,19H,4H2,1-3H3,(H,20,21)/t12-/m1/s1. The number of carbonyl (C=O) groups excluding carboxylic acids is 1. The van der Waals surface area contributed by atoms with Crippen molar-refractivity contribution in [3.8, 4) is 11.6 Å². The molecule has 1 aromatic carbocycles. The molecular weight excluding hydrogens is 294 g/mol. The summed E-state index contributed by atoms with van der Waals surface area (Å²) in [5, 5.41) is 5.94. The molecule has 0 spiro atoms. The third-order valence-corrected chi connectivity index (χ3v) is 3.15. The first-order valence-corrected chi connectivity index (χ1v) is 7.42. The first-order chi connectivity index (χ1) is 11.1. The van der Waals surface area contributed by atoms with E-state index in [2.05, 4.69) is 15.6 Å². The number of benzene rings is 1. The molecule has 1 aromatic heterocycles. The molecule has 2 N–H and O–H groups in total. The van der Waals surface area contributed by atoms with Crippen LogP contribution in [-0.4, -0.2) is 30.6 Å². The zero-order chi connectivity index (χ0) is 16.7. The van der Waals surface area contributed by atoms with E-state index in [1.807, 2.05) is 37.3 Å². The monoisotopic (exact) mass is 315 g/mol. The Labute approximate surface area is 135 Å². The van der Waals surface area contributed by atoms with Gasteiger partial charge in [-0.15, -0.1) is 0 Å². The molecule has 0 radical (unpaired) electrons. The third kappa shape index (κ3) is 4.88. The first-order valence-electron chi connectivity index (χ1n) is 7.42. The molecule has 6 nitrogen and oxygen atoms in total. The number of hydrogen-bond donors (Lipinski definition) is 2. The number of methoxy groups -OCH3 is 1. The van der Waals surface area contributed by atoms with Gasteiger partial charge in [0.25, 0.3) is 0 Å². The van der Waals surface area contributed by atoms with E-state index in [1.54, 1.807) is 26.3 Å². The summed E-state index contributed by atoms with van der Waals surface area (Å²) in [5.41, 5.74) is 1.47. The predicted molar refractivity (Wildman–Crippen MR) is 90.1 cm³/mol. The van der Waals surface area contributed by atoms with Crippen molar-refractivity contribution in [3.63, 3.8) is 0 Å². The van der Waals surface area contributed by atoms with Crippen LogP contribution < -0.4 is 20.1 Å². The molecule has 0 aliphatic heterocycles. The number of aromatic nitrogens is 1. The van der Waals surface area contributed by atoms with E-state index < -0.39 is 6.04 Å². The Hall–Kier alpha value is -2.76. The molecule has 0 unspecified atom stereocenters. The van der Waals surface area contributed by atoms with E-state index in [0.29, 0.717) is 12.5 Å². The molecule has 122 valence electrons. The summed E-state index contributed by atoms with van der Waals surface area (Å²) in [7, 11) is 1.56. The summed E-state index contributed by atoms with van der Waals surface area (Å²) in [6.07, 6.45) is 1.62. The van der Waals surface area contributed by atoms with Gasteiger partial charge in [0.05, 0.1) is 25.6 Å². The summed E-state index contributed by atoms with van der Waals surface area (Å²) in [6, 6.07) is 10.4. The van der Waals surface area contributed by atoms with E-state index in [9.17, 15) is 4.79 Å². The number of hydrogen-bond acceptors (Lipinski definition) is 5. The van der Waals surface area contributed by atoms with Crippen molar-refractivity contribution < 1.29 is 14.3 Å². The lowest BCUT2D eigenvalue weighted by molar-refractivity contribution is -0.116. The molecule has 1 heterocycles. The molecular formula is C17H21N3O3. The van der Waals surface area contributed by atoms with Crippen molar-refractivity contribution in [1.82, 2.24) is 4.98 Å². The molecule has 23 heavy (non-hydrogen) atoms. The molecule has 1 atom stereocenters. The Bertz CT molecular complexity index is 627. The average molecular weight is 315 g/mol. The number of carbonyl (C=O) groups is 1. The fourth-order valence-corrected chi connectivity index (χ4v) is 1.95. The van der Waals surface area contributed by atoms with Gasteiger partial charge in [0.15, 0.2) is 0 Å². The van der Waals surface area contributed by atoms with Crippen LogP contribution in [0.5, 0.6) is 11.6 Å². The summed E-state index contributed by atoms with van der Waals surface area (Å²) >= 11 is 0. The van der Waals surface area contributed by atoms with Crippen molar-refractivity contribution in [2.45, 2.75) is 19.9 Å². The van der Waals surface area contributed by atoms with Crippen molar-refractivity contribution in [2.24, 2.45) is 0 Å². The maximum absolute atomic E-state index is 12.2. The Morgan fingerprint density at radius 3 is 2.43 bits per heavy atom. The van der Waals surface area contributed by atoms with Crippen molar-refractivity contribution in [1.29, 1.82) is 0 Å². The highest BCUT2D eigenvalue weighted by atomic mass is 16.5. The Morgan fingerprint density at radius 1 is 1.17 bits per heavy atom. The van der Waals surface area contributed by atoms with E-state index in [0.717, 1.165) is 17.1 Å². The quantitative estimate of drug-likeness (QED) is 0.822. The van der Waals surface area contributed by atoms with Crippen LogP contribution in [0.2, 0.25) is 0 Å². The summed E-state index contributed by atoms with van der Waals surface area (Å²) in [6.45, 7) is 4.33. The Balaban J connectivity index is 1.90. The van der Waals surface area contributed by atoms with E-state index in [4.69, 9.17) is 9.47 Å². The molecule has 0 aliphatic rings. The number of ether oxygens (including phenoxy) is 2. The molecule has 0 fully saturated rings. The summed E-state index contributed by atoms with van der Waals surface area (Å²) in [4.78, 5) is 16.3. The zero-order valence-electron chi connectivity index (χ0n) is 13.5. The van der Waals surface area contributed by atoms with Gasteiger partial charge in [0.1, 0.15) is 11.8 Å². The predicted octanol–water partition coefficient (Wildman–Crippen LogP) is 2.93. The highest BCUT2D eigenvalue weighted by Crippen LogP contribution is 2.16. The molecule has 2 rings (SSSR count). The van der Waals surface area contributed by atoms with Gasteiger partial charge < -0.3 is 20.1 Å². The Kier molecular flexibility index (Phi) is 5.80. The van der Waals surface area contributed by atoms with Crippen LogP contribution in [-0.2, 0) is 4.79 Å². The lowest BCUT2D eigenvalue weighted by atomic mass is 10.2. The maximum Gasteiger partial charge on any atom is 0.246 e. The van der Waals surface area contributed by atoms with Crippen LogP contribution >= 0.6 is 0 Å². The largest absolute Gasteiger partial charge is 0.494 e. The minimum atomic E-state index is -0.406. The van der Waals surface area contributed by atoms with E-state index in [-0.39, 0.29) is 5.91 Å². The molecule has 1 amide bonds. The minimum Gasteiger partial charge on any atom is -0.494 e. The molecule has 2 aromatic rings. The zero-order valence-corrected chi connectivity index (χ0v) is 13.5. The van der Waals surface area contributed by atoms with Gasteiger partial charge in [0, 0.05) is 11.8 Å². The van der Waals surface area contributed by atoms with Gasteiger partial charge in [-0.05, 0) is 44.2 Å². The maximum atomic E-state index is 12.2. The third-order valence-electron chi connectivity index (χ3n) is 3.15. The molecule has 0 aliphatic carbocycles. The number of nitrogens with zero attached hydrogens (tertiary/aromatic N) is 1. The van der Waals surface area contributed by atoms with Crippen molar-refractivity contribution in [2.75, 3.05) is 24.4 Å². The van der Waals surface area contributed by atoms with Gasteiger partial charge in [-0.3, -0.25) is 4.79 Å². The SMILES string of the molecule is CCOc1ccc(NC(=O)[C@@H](C)Nc2ccc(OC)nc2)cc1. The molecule has 0 saturated heterocycles. The second-order valence-electron chi connectivity index (χ2n) is 4.90. The smallest absolute Gasteiger partial charge is 0.246 e. The summed E-state index contributed by atoms with van der Waals surface area (Å²) in [5.74, 6) is 1.17. The number of amides is 1. The van der Waals surface area contributed by atoms with Gasteiger partial charge >= 0.3 is 0 Å². The molecule has 6 heteroatoms. The number of nitrogens with one attached hydrogen (secondary N) is 2. The first kappa shape index (κ1) is 16.6. The van der Waals surface area contributed by atoms with Gasteiger partial charge in [-0.25, -0.2) is 4.98 Å². The summed E-state index contributed by atoms with van der Waals surface area (Å²) < 4.78 is 10.4. The van der Waals surface area contributed by atoms with Crippen LogP contribution in [0, 0.1) is 0 Å². The number of rotatable bonds is 7. The van der Waals surface area contributed by atoms with Gasteiger partial charge in [-0.2, -0.15) is 0 Å². The van der Waals surface area contributed by atoms with Crippen LogP contribution in [0.1, 0.15) is 13.8 Å². The lowest BCUT2D eigenvalue weighted by Gasteiger charge is -2.15. The topological polar surface area (TPSA) is 72.5 Å². The van der Waals surface area contributed by atoms with Crippen molar-refractivity contribution >= 4 is 17.3 Å². The second-order valence-corrected chi connectivity index (χ2v) is 4.90. The van der Waals surface area contributed by atoms with Gasteiger partial charge in [0.2, 0.25) is 11.8 Å². The number of pyridine rings is 1. The van der Waals surface area contributed by atoms with Gasteiger partial charge in [-0.1, -0.05) is 0 Å². The van der Waals surface area contributed by atoms with Crippen molar-refractivity contribution in [3.05, 3.63) is 42.6 Å². The average Bonchev–Trinajstić information content (AvgIpc) is 2.57. The minimum absolute atomic E-state index is 0.134. The van der Waals surface area contributed by atoms with Crippen LogP contribution in [0.3, 0.4) is 0 Å². The number of anilines is 2. The fourth-order valence-electron chi connectivity index (χ4n) is 1.95. The van der Waals surface area contributed by atoms with E-state index in [1.165, 1.54) is 0 Å². The molecule has 0 saturated carbocycles. The van der Waals surface area contributed by atoms with Crippen LogP contribution in [0.25, 0.3) is 0 Å². The van der Waals surface area contributed by atoms with E-state index >= 15 is 0 Å². The second kappa shape index (κ2) is 8.03.